The summed E-state index contributed by atoms with van der Waals surface area (Å²) >= 11 is 1.34. The van der Waals surface area contributed by atoms with Crippen molar-refractivity contribution in [3.63, 3.8) is 0 Å². The fourth-order valence-electron chi connectivity index (χ4n) is 3.65. The van der Waals surface area contributed by atoms with Gasteiger partial charge in [-0.1, -0.05) is 42.0 Å². The molecule has 11 heteroatoms. The van der Waals surface area contributed by atoms with E-state index in [9.17, 15) is 9.59 Å². The van der Waals surface area contributed by atoms with Gasteiger partial charge in [0.1, 0.15) is 30.1 Å². The first-order valence-electron chi connectivity index (χ1n) is 11.1. The topological polar surface area (TPSA) is 135 Å². The normalized spacial score (nSPS) is 10.9. The third-order valence-electron chi connectivity index (χ3n) is 5.32. The van der Waals surface area contributed by atoms with Gasteiger partial charge in [-0.15, -0.1) is 11.3 Å². The number of amides is 1. The van der Waals surface area contributed by atoms with Crippen LogP contribution in [0.2, 0.25) is 0 Å². The molecule has 0 saturated carbocycles. The number of hydrogen-bond donors (Lipinski definition) is 3. The summed E-state index contributed by atoms with van der Waals surface area (Å²) in [5.41, 5.74) is 3.34. The predicted octanol–water partition coefficient (Wildman–Crippen LogP) is 3.47. The molecule has 3 aromatic heterocycles. The van der Waals surface area contributed by atoms with Crippen LogP contribution in [0.3, 0.4) is 0 Å². The number of carbonyl (C=O) groups excluding carboxylic acids is 1. The quantitative estimate of drug-likeness (QED) is 0.263. The summed E-state index contributed by atoms with van der Waals surface area (Å²) in [5, 5.41) is 11.5. The number of aromatic nitrogens is 5. The molecule has 10 nitrogen and oxygen atoms in total. The molecular weight excluding hydrogens is 480 g/mol. The van der Waals surface area contributed by atoms with E-state index in [2.05, 4.69) is 30.5 Å². The fourth-order valence-corrected chi connectivity index (χ4v) is 4.60. The first-order chi connectivity index (χ1) is 17.6. The van der Waals surface area contributed by atoms with Crippen LogP contribution >= 0.6 is 11.3 Å². The van der Waals surface area contributed by atoms with Gasteiger partial charge in [0.25, 0.3) is 11.5 Å². The first kappa shape index (κ1) is 23.2. The molecule has 0 atom stereocenters. The minimum absolute atomic E-state index is 0.0258. The molecule has 0 fully saturated rings. The third kappa shape index (κ3) is 5.26. The summed E-state index contributed by atoms with van der Waals surface area (Å²) in [5.74, 6) is 0.145. The van der Waals surface area contributed by atoms with E-state index in [0.717, 1.165) is 22.3 Å². The lowest BCUT2D eigenvalue weighted by molar-refractivity contribution is 0.0940. The lowest BCUT2D eigenvalue weighted by atomic mass is 10.0. The van der Waals surface area contributed by atoms with Crippen LogP contribution in [0.4, 0.5) is 0 Å². The molecule has 1 amide bonds. The minimum Gasteiger partial charge on any atom is -0.490 e. The second-order valence-electron chi connectivity index (χ2n) is 7.93. The van der Waals surface area contributed by atoms with E-state index in [-0.39, 0.29) is 17.9 Å². The molecule has 0 saturated heterocycles. The Morgan fingerprint density at radius 3 is 2.81 bits per heavy atom. The molecule has 5 rings (SSSR count). The van der Waals surface area contributed by atoms with Gasteiger partial charge in [0.15, 0.2) is 0 Å². The maximum atomic E-state index is 12.9. The lowest BCUT2D eigenvalue weighted by Gasteiger charge is -2.09. The van der Waals surface area contributed by atoms with Crippen molar-refractivity contribution >= 4 is 27.5 Å². The smallest absolute Gasteiger partial charge is 0.312 e. The van der Waals surface area contributed by atoms with Gasteiger partial charge in [0.05, 0.1) is 5.39 Å². The Bertz CT molecular complexity index is 1560. The number of H-pyrrole nitrogens is 2. The number of carbonyl (C=O) groups is 1. The number of aromatic amines is 2. The summed E-state index contributed by atoms with van der Waals surface area (Å²) in [6, 6.07) is 15.6. The van der Waals surface area contributed by atoms with Crippen LogP contribution in [0.1, 0.15) is 21.7 Å². The number of ether oxygens (including phenoxy) is 2. The van der Waals surface area contributed by atoms with Gasteiger partial charge in [-0.25, -0.2) is 10.1 Å². The molecule has 0 unspecified atom stereocenters. The second-order valence-corrected chi connectivity index (χ2v) is 8.79. The van der Waals surface area contributed by atoms with E-state index >= 15 is 0 Å². The van der Waals surface area contributed by atoms with Crippen LogP contribution in [0.15, 0.2) is 65.0 Å². The Morgan fingerprint density at radius 1 is 1.11 bits per heavy atom. The van der Waals surface area contributed by atoms with Crippen LogP contribution < -0.4 is 20.3 Å². The average Bonchev–Trinajstić information content (AvgIpc) is 3.56. The van der Waals surface area contributed by atoms with Crippen LogP contribution in [0.25, 0.3) is 21.3 Å². The Labute approximate surface area is 209 Å². The van der Waals surface area contributed by atoms with Gasteiger partial charge in [-0.3, -0.25) is 9.59 Å². The van der Waals surface area contributed by atoms with Gasteiger partial charge in [-0.05, 0) is 30.2 Å². The average molecular weight is 503 g/mol. The molecule has 2 aromatic carbocycles. The molecular formula is C25H22N6O4S. The number of benzene rings is 2. The fraction of sp³-hybridized carbons (Fsp3) is 0.160. The van der Waals surface area contributed by atoms with Gasteiger partial charge >= 0.3 is 6.01 Å². The summed E-state index contributed by atoms with van der Waals surface area (Å²) in [7, 11) is 0. The van der Waals surface area contributed by atoms with Crippen LogP contribution in [0.5, 0.6) is 11.8 Å². The molecule has 0 spiro atoms. The largest absolute Gasteiger partial charge is 0.490 e. The maximum absolute atomic E-state index is 12.9. The SMILES string of the molecule is Cc1cccc(-c2csc3nc(C(=O)NCc4cccc(OCCOc5ncn[nH]5)c4)[nH]c(=O)c23)c1. The minimum atomic E-state index is -0.466. The van der Waals surface area contributed by atoms with Crippen molar-refractivity contribution in [3.8, 4) is 22.9 Å². The van der Waals surface area contributed by atoms with Crippen LogP contribution in [-0.2, 0) is 6.54 Å². The van der Waals surface area contributed by atoms with Gasteiger partial charge < -0.3 is 19.8 Å². The number of rotatable bonds is 9. The molecule has 3 heterocycles. The summed E-state index contributed by atoms with van der Waals surface area (Å²) in [4.78, 5) is 37.0. The molecule has 0 bridgehead atoms. The van der Waals surface area contributed by atoms with Crippen molar-refractivity contribution in [2.45, 2.75) is 13.5 Å². The van der Waals surface area contributed by atoms with Crippen molar-refractivity contribution < 1.29 is 14.3 Å². The van der Waals surface area contributed by atoms with E-state index in [1.807, 2.05) is 60.8 Å². The third-order valence-corrected chi connectivity index (χ3v) is 6.20. The van der Waals surface area contributed by atoms with Crippen molar-refractivity contribution in [1.29, 1.82) is 0 Å². The number of nitrogens with one attached hydrogen (secondary N) is 3. The molecule has 5 aromatic rings. The summed E-state index contributed by atoms with van der Waals surface area (Å²) < 4.78 is 11.0. The number of aryl methyl sites for hydroxylation is 1. The van der Waals surface area contributed by atoms with E-state index in [4.69, 9.17) is 9.47 Å². The number of hydrogen-bond acceptors (Lipinski definition) is 8. The Hall–Kier alpha value is -4.51. The predicted molar refractivity (Wildman–Crippen MR) is 135 cm³/mol. The zero-order valence-electron chi connectivity index (χ0n) is 19.3. The van der Waals surface area contributed by atoms with Crippen LogP contribution in [-0.4, -0.2) is 44.3 Å². The standard InChI is InChI=1S/C25H22N6O4S/c1-15-4-2-6-17(10-15)19-13-36-24-20(19)22(32)29-21(30-24)23(33)26-12-16-5-3-7-18(11-16)34-8-9-35-25-27-14-28-31-25/h2-7,10-11,13-14H,8-9,12H2,1H3,(H,26,33)(H,27,28,31)(H,29,30,32). The zero-order valence-corrected chi connectivity index (χ0v) is 20.1. The number of thiophene rings is 1. The highest BCUT2D eigenvalue weighted by atomic mass is 32.1. The lowest BCUT2D eigenvalue weighted by Crippen LogP contribution is -2.27. The highest BCUT2D eigenvalue weighted by Crippen LogP contribution is 2.31. The van der Waals surface area contributed by atoms with Crippen molar-refractivity contribution in [1.82, 2.24) is 30.5 Å². The number of fused-ring (bicyclic) bond motifs is 1. The maximum Gasteiger partial charge on any atom is 0.312 e. The van der Waals surface area contributed by atoms with Gasteiger partial charge in [0, 0.05) is 17.5 Å². The Morgan fingerprint density at radius 2 is 1.97 bits per heavy atom. The Kier molecular flexibility index (Phi) is 6.72. The van der Waals surface area contributed by atoms with E-state index in [1.165, 1.54) is 17.7 Å². The number of nitrogens with zero attached hydrogens (tertiary/aromatic N) is 3. The van der Waals surface area contributed by atoms with Gasteiger partial charge in [-0.2, -0.15) is 10.1 Å². The second kappa shape index (κ2) is 10.4. The molecule has 0 aliphatic rings. The summed E-state index contributed by atoms with van der Waals surface area (Å²) in [6.45, 7) is 2.85. The zero-order chi connectivity index (χ0) is 24.9. The van der Waals surface area contributed by atoms with Crippen molar-refractivity contribution in [2.24, 2.45) is 0 Å². The molecule has 182 valence electrons. The molecule has 36 heavy (non-hydrogen) atoms. The Balaban J connectivity index is 1.22. The highest BCUT2D eigenvalue weighted by Gasteiger charge is 2.16. The first-order valence-corrected chi connectivity index (χ1v) is 12.0. The monoisotopic (exact) mass is 502 g/mol. The molecule has 0 radical (unpaired) electrons. The highest BCUT2D eigenvalue weighted by molar-refractivity contribution is 7.17. The van der Waals surface area contributed by atoms with Crippen molar-refractivity contribution in [3.05, 3.63) is 87.5 Å². The van der Waals surface area contributed by atoms with E-state index in [0.29, 0.717) is 35.2 Å². The molecule has 3 N–H and O–H groups in total. The van der Waals surface area contributed by atoms with Gasteiger partial charge in [0.2, 0.25) is 5.82 Å². The van der Waals surface area contributed by atoms with Crippen molar-refractivity contribution in [2.75, 3.05) is 13.2 Å². The van der Waals surface area contributed by atoms with E-state index in [1.54, 1.807) is 0 Å². The van der Waals surface area contributed by atoms with Crippen LogP contribution in [0, 0.1) is 6.92 Å². The molecule has 0 aliphatic carbocycles. The van der Waals surface area contributed by atoms with E-state index < -0.39 is 5.91 Å². The molecule has 0 aliphatic heterocycles. The summed E-state index contributed by atoms with van der Waals surface area (Å²) in [6.07, 6.45) is 1.36.